The summed E-state index contributed by atoms with van der Waals surface area (Å²) in [6.45, 7) is 0. The first kappa shape index (κ1) is 15.8. The van der Waals surface area contributed by atoms with Crippen LogP contribution >= 0.6 is 11.6 Å². The molecule has 1 aliphatic carbocycles. The zero-order valence-corrected chi connectivity index (χ0v) is 13.0. The van der Waals surface area contributed by atoms with E-state index in [0.717, 1.165) is 12.8 Å². The van der Waals surface area contributed by atoms with Crippen LogP contribution in [0.15, 0.2) is 18.2 Å². The van der Waals surface area contributed by atoms with Crippen molar-refractivity contribution in [1.82, 2.24) is 4.90 Å². The van der Waals surface area contributed by atoms with E-state index < -0.39 is 0 Å². The van der Waals surface area contributed by atoms with Crippen molar-refractivity contribution < 1.29 is 9.59 Å². The van der Waals surface area contributed by atoms with Crippen molar-refractivity contribution >= 4 is 29.1 Å². The van der Waals surface area contributed by atoms with Gasteiger partial charge in [-0.3, -0.25) is 9.59 Å². The average Bonchev–Trinajstić information content (AvgIpc) is 2.87. The van der Waals surface area contributed by atoms with E-state index in [1.807, 2.05) is 0 Å². The van der Waals surface area contributed by atoms with Crippen molar-refractivity contribution in [2.75, 3.05) is 19.4 Å². The summed E-state index contributed by atoms with van der Waals surface area (Å²) in [7, 11) is 3.35. The van der Waals surface area contributed by atoms with E-state index in [1.165, 1.54) is 4.90 Å². The Balaban J connectivity index is 2.14. The minimum Gasteiger partial charge on any atom is -0.345 e. The zero-order chi connectivity index (χ0) is 15.6. The van der Waals surface area contributed by atoms with Crippen molar-refractivity contribution in [3.63, 3.8) is 0 Å². The average molecular weight is 310 g/mol. The number of nitrogens with two attached hydrogens (primary N) is 1. The molecule has 0 bridgehead atoms. The van der Waals surface area contributed by atoms with Gasteiger partial charge in [0, 0.05) is 31.6 Å². The summed E-state index contributed by atoms with van der Waals surface area (Å²) in [6.07, 6.45) is 2.35. The third kappa shape index (κ3) is 3.74. The Labute approximate surface area is 129 Å². The summed E-state index contributed by atoms with van der Waals surface area (Å²) in [5, 5.41) is 3.23. The molecule has 1 saturated carbocycles. The fourth-order valence-electron chi connectivity index (χ4n) is 2.50. The van der Waals surface area contributed by atoms with Crippen LogP contribution in [0.25, 0.3) is 0 Å². The molecule has 2 unspecified atom stereocenters. The lowest BCUT2D eigenvalue weighted by Gasteiger charge is -2.14. The van der Waals surface area contributed by atoms with Gasteiger partial charge in [0.1, 0.15) is 0 Å². The van der Waals surface area contributed by atoms with Crippen LogP contribution in [0.2, 0.25) is 5.02 Å². The number of hydrogen-bond donors (Lipinski definition) is 2. The van der Waals surface area contributed by atoms with Gasteiger partial charge >= 0.3 is 0 Å². The molecule has 0 heterocycles. The highest BCUT2D eigenvalue weighted by Gasteiger charge is 2.28. The van der Waals surface area contributed by atoms with Crippen LogP contribution in [0.1, 0.15) is 29.6 Å². The molecular weight excluding hydrogens is 290 g/mol. The van der Waals surface area contributed by atoms with E-state index >= 15 is 0 Å². The maximum absolute atomic E-state index is 12.2. The Morgan fingerprint density at radius 3 is 2.62 bits per heavy atom. The third-order valence-corrected chi connectivity index (χ3v) is 4.05. The molecule has 114 valence electrons. The van der Waals surface area contributed by atoms with Gasteiger partial charge in [0.15, 0.2) is 0 Å². The molecule has 6 heteroatoms. The Bertz CT molecular complexity index is 560. The second-order valence-electron chi connectivity index (χ2n) is 5.65. The van der Waals surface area contributed by atoms with Gasteiger partial charge in [-0.15, -0.1) is 0 Å². The summed E-state index contributed by atoms with van der Waals surface area (Å²) < 4.78 is 0. The van der Waals surface area contributed by atoms with Crippen molar-refractivity contribution in [2.24, 2.45) is 11.7 Å². The predicted molar refractivity (Wildman–Crippen MR) is 83.4 cm³/mol. The highest BCUT2D eigenvalue weighted by molar-refractivity contribution is 6.33. The van der Waals surface area contributed by atoms with Crippen molar-refractivity contribution in [1.29, 1.82) is 0 Å². The first-order valence-electron chi connectivity index (χ1n) is 6.96. The SMILES string of the molecule is CN(C)C(=O)c1ccc(Cl)c(NC(=O)C2CCC(N)C2)c1. The van der Waals surface area contributed by atoms with E-state index in [0.29, 0.717) is 22.7 Å². The van der Waals surface area contributed by atoms with Gasteiger partial charge in [-0.2, -0.15) is 0 Å². The molecule has 2 atom stereocenters. The molecule has 21 heavy (non-hydrogen) atoms. The molecule has 0 aliphatic heterocycles. The summed E-state index contributed by atoms with van der Waals surface area (Å²) in [5.74, 6) is -0.298. The van der Waals surface area contributed by atoms with Gasteiger partial charge in [-0.1, -0.05) is 11.6 Å². The lowest BCUT2D eigenvalue weighted by atomic mass is 10.1. The molecule has 1 aliphatic rings. The Hall–Kier alpha value is -1.59. The van der Waals surface area contributed by atoms with Crippen LogP contribution in [0.4, 0.5) is 5.69 Å². The first-order valence-corrected chi connectivity index (χ1v) is 7.34. The maximum atomic E-state index is 12.2. The topological polar surface area (TPSA) is 75.4 Å². The quantitative estimate of drug-likeness (QED) is 0.898. The molecule has 0 spiro atoms. The summed E-state index contributed by atoms with van der Waals surface area (Å²) in [4.78, 5) is 25.6. The van der Waals surface area contributed by atoms with Gasteiger partial charge in [-0.05, 0) is 37.5 Å². The number of halogens is 1. The molecule has 0 radical (unpaired) electrons. The molecule has 1 fully saturated rings. The number of carbonyl (C=O) groups is 2. The Morgan fingerprint density at radius 1 is 1.33 bits per heavy atom. The van der Waals surface area contributed by atoms with Crippen LogP contribution in [0.3, 0.4) is 0 Å². The lowest BCUT2D eigenvalue weighted by molar-refractivity contribution is -0.119. The van der Waals surface area contributed by atoms with Gasteiger partial charge < -0.3 is 16.0 Å². The molecular formula is C15H20ClN3O2. The monoisotopic (exact) mass is 309 g/mol. The molecule has 0 aromatic heterocycles. The largest absolute Gasteiger partial charge is 0.345 e. The highest BCUT2D eigenvalue weighted by Crippen LogP contribution is 2.28. The molecule has 0 saturated heterocycles. The van der Waals surface area contributed by atoms with Gasteiger partial charge in [0.25, 0.3) is 5.91 Å². The van der Waals surface area contributed by atoms with E-state index in [2.05, 4.69) is 5.32 Å². The van der Waals surface area contributed by atoms with E-state index in [9.17, 15) is 9.59 Å². The summed E-state index contributed by atoms with van der Waals surface area (Å²) in [5.41, 5.74) is 6.78. The number of hydrogen-bond acceptors (Lipinski definition) is 3. The Morgan fingerprint density at radius 2 is 2.05 bits per heavy atom. The second kappa shape index (κ2) is 6.45. The molecule has 1 aromatic carbocycles. The second-order valence-corrected chi connectivity index (χ2v) is 6.06. The number of nitrogens with one attached hydrogen (secondary N) is 1. The number of nitrogens with zero attached hydrogens (tertiary/aromatic N) is 1. The van der Waals surface area contributed by atoms with Crippen LogP contribution in [0, 0.1) is 5.92 Å². The zero-order valence-electron chi connectivity index (χ0n) is 12.2. The van der Waals surface area contributed by atoms with E-state index in [1.54, 1.807) is 32.3 Å². The highest BCUT2D eigenvalue weighted by atomic mass is 35.5. The van der Waals surface area contributed by atoms with Crippen LogP contribution in [0.5, 0.6) is 0 Å². The fraction of sp³-hybridized carbons (Fsp3) is 0.467. The number of amides is 2. The standard InChI is InChI=1S/C15H20ClN3O2/c1-19(2)15(21)10-4-6-12(16)13(8-10)18-14(20)9-3-5-11(17)7-9/h4,6,8-9,11H,3,5,7,17H2,1-2H3,(H,18,20). The molecule has 3 N–H and O–H groups in total. The van der Waals surface area contributed by atoms with Crippen LogP contribution in [-0.2, 0) is 4.79 Å². The van der Waals surface area contributed by atoms with E-state index in [-0.39, 0.29) is 23.8 Å². The normalized spacial score (nSPS) is 21.1. The molecule has 2 amide bonds. The van der Waals surface area contributed by atoms with Gasteiger partial charge in [0.2, 0.25) is 5.91 Å². The fourth-order valence-corrected chi connectivity index (χ4v) is 2.67. The first-order chi connectivity index (χ1) is 9.88. The van der Waals surface area contributed by atoms with Crippen LogP contribution in [-0.4, -0.2) is 36.9 Å². The minimum atomic E-state index is -0.134. The Kier molecular flexibility index (Phi) is 4.85. The maximum Gasteiger partial charge on any atom is 0.253 e. The summed E-state index contributed by atoms with van der Waals surface area (Å²) in [6, 6.07) is 4.97. The number of anilines is 1. The van der Waals surface area contributed by atoms with Crippen molar-refractivity contribution in [2.45, 2.75) is 25.3 Å². The van der Waals surface area contributed by atoms with E-state index in [4.69, 9.17) is 17.3 Å². The predicted octanol–water partition coefficient (Wildman–Crippen LogP) is 2.11. The van der Waals surface area contributed by atoms with Gasteiger partial charge in [0.05, 0.1) is 10.7 Å². The minimum absolute atomic E-state index is 0.0794. The van der Waals surface area contributed by atoms with Crippen molar-refractivity contribution in [3.8, 4) is 0 Å². The molecule has 5 nitrogen and oxygen atoms in total. The number of benzene rings is 1. The van der Waals surface area contributed by atoms with Gasteiger partial charge in [-0.25, -0.2) is 0 Å². The number of rotatable bonds is 3. The molecule has 1 aromatic rings. The molecule has 2 rings (SSSR count). The van der Waals surface area contributed by atoms with Crippen molar-refractivity contribution in [3.05, 3.63) is 28.8 Å². The smallest absolute Gasteiger partial charge is 0.253 e. The van der Waals surface area contributed by atoms with Crippen LogP contribution < -0.4 is 11.1 Å². The lowest BCUT2D eigenvalue weighted by Crippen LogP contribution is -2.24. The number of carbonyl (C=O) groups excluding carboxylic acids is 2. The summed E-state index contributed by atoms with van der Waals surface area (Å²) >= 11 is 6.10. The third-order valence-electron chi connectivity index (χ3n) is 3.72.